The summed E-state index contributed by atoms with van der Waals surface area (Å²) in [6.45, 7) is 0. The molecule has 0 radical (unpaired) electrons. The van der Waals surface area contributed by atoms with Crippen LogP contribution in [0.25, 0.3) is 0 Å². The predicted molar refractivity (Wildman–Crippen MR) is 38.8 cm³/mol. The first kappa shape index (κ1) is 8.10. The molecular weight excluding hydrogens is 180 g/mol. The highest BCUT2D eigenvalue weighted by Gasteiger charge is 2.57. The van der Waals surface area contributed by atoms with Crippen molar-refractivity contribution in [3.05, 3.63) is 24.1 Å². The Bertz CT molecular complexity index is 361. The molecule has 0 aromatic rings. The predicted octanol–water partition coefficient (Wildman–Crippen LogP) is 0.391. The van der Waals surface area contributed by atoms with Gasteiger partial charge in [-0.3, -0.25) is 14.9 Å². The van der Waals surface area contributed by atoms with E-state index in [1.165, 1.54) is 0 Å². The molecule has 1 aliphatic carbocycles. The Morgan fingerprint density at radius 1 is 1.46 bits per heavy atom. The van der Waals surface area contributed by atoms with Crippen LogP contribution in [0.2, 0.25) is 0 Å². The third-order valence-corrected chi connectivity index (χ3v) is 2.14. The highest BCUT2D eigenvalue weighted by Crippen LogP contribution is 2.38. The summed E-state index contributed by atoms with van der Waals surface area (Å²) in [6.07, 6.45) is 2.95. The minimum atomic E-state index is -2.53. The molecule has 1 fully saturated rings. The lowest BCUT2D eigenvalue weighted by Gasteiger charge is -2.19. The average Bonchev–Trinajstić information content (AvgIpc) is 2.24. The maximum Gasteiger partial charge on any atom is 0.269 e. The van der Waals surface area contributed by atoms with Crippen molar-refractivity contribution in [2.75, 3.05) is 0 Å². The molecule has 2 atom stereocenters. The summed E-state index contributed by atoms with van der Waals surface area (Å²) >= 11 is 0. The van der Waals surface area contributed by atoms with Crippen molar-refractivity contribution < 1.29 is 18.4 Å². The van der Waals surface area contributed by atoms with Gasteiger partial charge in [-0.2, -0.15) is 0 Å². The minimum absolute atomic E-state index is 0.890. The molecule has 1 aliphatic heterocycles. The van der Waals surface area contributed by atoms with E-state index in [-0.39, 0.29) is 0 Å². The lowest BCUT2D eigenvalue weighted by molar-refractivity contribution is -0.128. The second kappa shape index (κ2) is 2.25. The largest absolute Gasteiger partial charge is 0.293 e. The highest BCUT2D eigenvalue weighted by atomic mass is 19.2. The first-order valence-electron chi connectivity index (χ1n) is 3.65. The quantitative estimate of drug-likeness (QED) is 0.555. The van der Waals surface area contributed by atoms with Gasteiger partial charge in [-0.25, -0.2) is 8.78 Å². The van der Waals surface area contributed by atoms with Crippen molar-refractivity contribution in [3.63, 3.8) is 0 Å². The fraction of sp³-hybridized carbons (Fsp3) is 0.250. The van der Waals surface area contributed by atoms with E-state index in [0.717, 1.165) is 18.2 Å². The molecule has 0 bridgehead atoms. The van der Waals surface area contributed by atoms with Crippen molar-refractivity contribution in [2.24, 2.45) is 5.92 Å². The second-order valence-electron chi connectivity index (χ2n) is 2.93. The summed E-state index contributed by atoms with van der Waals surface area (Å²) in [6, 6.07) is 0. The standard InChI is InChI=1S/C8H5F2NO2/c9-4-2-1-3-8(10)5(4)6(12)11-7(8)13/h1-3,5H,(H,11,12,13). The molecule has 3 nitrogen and oxygen atoms in total. The zero-order chi connectivity index (χ0) is 9.64. The zero-order valence-corrected chi connectivity index (χ0v) is 6.38. The Kier molecular flexibility index (Phi) is 1.40. The van der Waals surface area contributed by atoms with Crippen LogP contribution in [0.3, 0.4) is 0 Å². The normalized spacial score (nSPS) is 37.1. The summed E-state index contributed by atoms with van der Waals surface area (Å²) in [5, 5.41) is 1.74. The number of imide groups is 1. The maximum absolute atomic E-state index is 13.7. The maximum atomic E-state index is 13.7. The molecule has 1 heterocycles. The fourth-order valence-corrected chi connectivity index (χ4v) is 1.48. The van der Waals surface area contributed by atoms with Crippen molar-refractivity contribution in [2.45, 2.75) is 5.67 Å². The molecule has 0 aromatic carbocycles. The van der Waals surface area contributed by atoms with Gasteiger partial charge in [0.25, 0.3) is 5.91 Å². The van der Waals surface area contributed by atoms with Crippen LogP contribution in [0.1, 0.15) is 0 Å². The molecule has 1 N–H and O–H groups in total. The molecule has 5 heteroatoms. The van der Waals surface area contributed by atoms with Gasteiger partial charge < -0.3 is 0 Å². The zero-order valence-electron chi connectivity index (χ0n) is 6.38. The monoisotopic (exact) mass is 185 g/mol. The molecule has 68 valence electrons. The number of alkyl halides is 1. The Morgan fingerprint density at radius 2 is 2.15 bits per heavy atom. The third kappa shape index (κ3) is 0.867. The number of carbonyl (C=O) groups is 2. The topological polar surface area (TPSA) is 46.2 Å². The van der Waals surface area contributed by atoms with Gasteiger partial charge in [-0.1, -0.05) is 6.08 Å². The number of hydrogen-bond donors (Lipinski definition) is 1. The molecule has 2 amide bonds. The molecule has 0 spiro atoms. The highest BCUT2D eigenvalue weighted by molar-refractivity contribution is 6.11. The Morgan fingerprint density at radius 3 is 2.77 bits per heavy atom. The van der Waals surface area contributed by atoms with Crippen molar-refractivity contribution in [1.29, 1.82) is 0 Å². The molecule has 1 saturated heterocycles. The first-order valence-corrected chi connectivity index (χ1v) is 3.65. The number of fused-ring (bicyclic) bond motifs is 1. The van der Waals surface area contributed by atoms with E-state index >= 15 is 0 Å². The van der Waals surface area contributed by atoms with Crippen molar-refractivity contribution in [1.82, 2.24) is 5.32 Å². The van der Waals surface area contributed by atoms with Crippen LogP contribution in [0.4, 0.5) is 8.78 Å². The van der Waals surface area contributed by atoms with E-state index in [1.54, 1.807) is 5.32 Å². The summed E-state index contributed by atoms with van der Waals surface area (Å²) in [5.74, 6) is -4.58. The number of allylic oxidation sites excluding steroid dienone is 2. The van der Waals surface area contributed by atoms with Crippen LogP contribution in [-0.2, 0) is 9.59 Å². The van der Waals surface area contributed by atoms with E-state index < -0.39 is 29.2 Å². The molecule has 2 unspecified atom stereocenters. The van der Waals surface area contributed by atoms with Crippen LogP contribution >= 0.6 is 0 Å². The molecule has 2 aliphatic rings. The van der Waals surface area contributed by atoms with E-state index in [9.17, 15) is 18.4 Å². The number of amides is 2. The Hall–Kier alpha value is -1.52. The average molecular weight is 185 g/mol. The van der Waals surface area contributed by atoms with E-state index in [2.05, 4.69) is 0 Å². The van der Waals surface area contributed by atoms with Gasteiger partial charge in [0, 0.05) is 0 Å². The number of rotatable bonds is 0. The van der Waals surface area contributed by atoms with Crippen molar-refractivity contribution in [3.8, 4) is 0 Å². The lowest BCUT2D eigenvalue weighted by Crippen LogP contribution is -2.37. The van der Waals surface area contributed by atoms with E-state index in [1.807, 2.05) is 0 Å². The van der Waals surface area contributed by atoms with Crippen LogP contribution in [0.15, 0.2) is 24.1 Å². The molecule has 2 rings (SSSR count). The van der Waals surface area contributed by atoms with Gasteiger partial charge >= 0.3 is 0 Å². The molecular formula is C8H5F2NO2. The van der Waals surface area contributed by atoms with E-state index in [4.69, 9.17) is 0 Å². The first-order chi connectivity index (χ1) is 6.05. The summed E-state index contributed by atoms with van der Waals surface area (Å²) in [5.41, 5.74) is -2.53. The van der Waals surface area contributed by atoms with E-state index in [0.29, 0.717) is 0 Å². The van der Waals surface area contributed by atoms with Crippen LogP contribution < -0.4 is 5.32 Å². The summed E-state index contributed by atoms with van der Waals surface area (Å²) in [4.78, 5) is 21.9. The van der Waals surface area contributed by atoms with Crippen molar-refractivity contribution >= 4 is 11.8 Å². The Balaban J connectivity index is 2.54. The third-order valence-electron chi connectivity index (χ3n) is 2.14. The van der Waals surface area contributed by atoms with Gasteiger partial charge in [0.1, 0.15) is 11.7 Å². The van der Waals surface area contributed by atoms with Crippen LogP contribution in [-0.4, -0.2) is 17.5 Å². The Labute approximate surface area is 72.1 Å². The van der Waals surface area contributed by atoms with Gasteiger partial charge in [0.2, 0.25) is 11.6 Å². The number of carbonyl (C=O) groups excluding carboxylic acids is 2. The molecule has 0 saturated carbocycles. The number of halogens is 2. The lowest BCUT2D eigenvalue weighted by atomic mass is 9.87. The number of nitrogens with one attached hydrogen (secondary N) is 1. The smallest absolute Gasteiger partial charge is 0.269 e. The van der Waals surface area contributed by atoms with Gasteiger partial charge in [0.15, 0.2) is 0 Å². The summed E-state index contributed by atoms with van der Waals surface area (Å²) < 4.78 is 26.6. The van der Waals surface area contributed by atoms with Gasteiger partial charge in [-0.15, -0.1) is 0 Å². The molecule has 13 heavy (non-hydrogen) atoms. The van der Waals surface area contributed by atoms with Crippen LogP contribution in [0, 0.1) is 5.92 Å². The van der Waals surface area contributed by atoms with Gasteiger partial charge in [-0.05, 0) is 12.2 Å². The minimum Gasteiger partial charge on any atom is -0.293 e. The second-order valence-corrected chi connectivity index (χ2v) is 2.93. The fourth-order valence-electron chi connectivity index (χ4n) is 1.48. The van der Waals surface area contributed by atoms with Gasteiger partial charge in [0.05, 0.1) is 0 Å². The summed E-state index contributed by atoms with van der Waals surface area (Å²) in [7, 11) is 0. The number of hydrogen-bond acceptors (Lipinski definition) is 2. The van der Waals surface area contributed by atoms with Crippen LogP contribution in [0.5, 0.6) is 0 Å². The SMILES string of the molecule is O=C1NC(=O)C2(F)C=CC=C(F)C12. The molecule has 0 aromatic heterocycles.